The summed E-state index contributed by atoms with van der Waals surface area (Å²) in [6.07, 6.45) is 0. The van der Waals surface area contributed by atoms with Gasteiger partial charge in [0.25, 0.3) is 0 Å². The van der Waals surface area contributed by atoms with Crippen LogP contribution in [0.2, 0.25) is 0 Å². The molecule has 0 N–H and O–H groups in total. The molecule has 0 aromatic carbocycles. The second-order valence-corrected chi connectivity index (χ2v) is 0. The minimum absolute atomic E-state index is 0. The van der Waals surface area contributed by atoms with Crippen molar-refractivity contribution in [2.45, 2.75) is 0 Å². The van der Waals surface area contributed by atoms with Crippen LogP contribution in [-0.2, 0) is 19.5 Å². The van der Waals surface area contributed by atoms with Gasteiger partial charge in [0.05, 0.1) is 0 Å². The molecule has 0 saturated carbocycles. The Morgan fingerprint density at radius 1 is 0.600 bits per heavy atom. The summed E-state index contributed by atoms with van der Waals surface area (Å²) in [6.45, 7) is 0. The van der Waals surface area contributed by atoms with E-state index in [1.807, 2.05) is 0 Å². The first-order valence-electron chi connectivity index (χ1n) is 0. The van der Waals surface area contributed by atoms with Crippen LogP contribution in [0.1, 0.15) is 0 Å². The summed E-state index contributed by atoms with van der Waals surface area (Å²) < 4.78 is 0. The first-order valence-corrected chi connectivity index (χ1v) is 0. The number of halogens is 3. The van der Waals surface area contributed by atoms with Crippen LogP contribution < -0.4 is 33.0 Å². The fourth-order valence-corrected chi connectivity index (χ4v) is 0. The van der Waals surface area contributed by atoms with Crippen molar-refractivity contribution in [1.29, 1.82) is 0 Å². The molecule has 5 heteroatoms. The average Bonchev–Trinajstić information content (AvgIpc) is 0. The van der Waals surface area contributed by atoms with E-state index in [-0.39, 0.29) is 52.5 Å². The number of rotatable bonds is 0. The Bertz CT molecular complexity index is 6.85. The van der Waals surface area contributed by atoms with Crippen molar-refractivity contribution in [2.24, 2.45) is 0 Å². The van der Waals surface area contributed by atoms with E-state index in [9.17, 15) is 0 Å². The maximum atomic E-state index is 0. The van der Waals surface area contributed by atoms with Crippen molar-refractivity contribution in [2.75, 3.05) is 0 Å². The van der Waals surface area contributed by atoms with Crippen LogP contribution >= 0.6 is 0 Å². The zero-order valence-electron chi connectivity index (χ0n) is 2.84. The maximum Gasteiger partial charge on any atom is 2.00 e. The molecule has 0 aliphatic carbocycles. The Morgan fingerprint density at radius 2 is 0.600 bits per heavy atom. The summed E-state index contributed by atoms with van der Waals surface area (Å²) in [5.74, 6) is 0. The van der Waals surface area contributed by atoms with Gasteiger partial charge in [-0.25, -0.2) is 0 Å². The van der Waals surface area contributed by atoms with E-state index in [0.717, 1.165) is 0 Å². The Labute approximate surface area is 52.7 Å². The van der Waals surface area contributed by atoms with Gasteiger partial charge >= 0.3 is 38.3 Å². The van der Waals surface area contributed by atoms with Gasteiger partial charge in [0.15, 0.2) is 0 Å². The molecule has 0 nitrogen and oxygen atoms in total. The van der Waals surface area contributed by atoms with Crippen LogP contribution in [0.25, 0.3) is 0 Å². The van der Waals surface area contributed by atoms with Crippen LogP contribution in [0.15, 0.2) is 0 Å². The third kappa shape index (κ3) is 44.5. The fourth-order valence-electron chi connectivity index (χ4n) is 0. The molecule has 0 rings (SSSR count). The average molecular weight is 129 g/mol. The van der Waals surface area contributed by atoms with Crippen molar-refractivity contribution in [3.63, 3.8) is 0 Å². The van der Waals surface area contributed by atoms with E-state index in [4.69, 9.17) is 0 Å². The van der Waals surface area contributed by atoms with Crippen molar-refractivity contribution in [1.82, 2.24) is 0 Å². The molecule has 0 aromatic rings. The molecule has 24 valence electrons. The van der Waals surface area contributed by atoms with E-state index < -0.39 is 0 Å². The van der Waals surface area contributed by atoms with Gasteiger partial charge in [0, 0.05) is 0 Å². The molecular weight excluding hydrogens is 129 g/mol. The Kier molecular flexibility index (Phi) is 2330. The Balaban J connectivity index is 0. The fraction of sp³-hybridized carbons (Fsp3) is 0. The predicted octanol–water partition coefficient (Wildman–Crippen LogP) is -12.0. The maximum absolute atomic E-state index is 0. The first-order chi connectivity index (χ1) is 0. The molecule has 0 heterocycles. The molecule has 0 fully saturated rings. The molecule has 0 aromatic heterocycles. The minimum atomic E-state index is 0. The molecule has 0 saturated heterocycles. The second-order valence-electron chi connectivity index (χ2n) is 0. The SMILES string of the molecule is [F-].[F-].[F-].[Li+].[Zn+2]. The van der Waals surface area contributed by atoms with Gasteiger partial charge in [-0.2, -0.15) is 0 Å². The summed E-state index contributed by atoms with van der Waals surface area (Å²) in [7, 11) is 0. The molecule has 0 aliphatic rings. The largest absolute Gasteiger partial charge is 2.00 e. The molecule has 0 aliphatic heterocycles. The van der Waals surface area contributed by atoms with E-state index in [1.165, 1.54) is 0 Å². The Morgan fingerprint density at radius 3 is 0.600 bits per heavy atom. The van der Waals surface area contributed by atoms with Gasteiger partial charge in [0.2, 0.25) is 0 Å². The van der Waals surface area contributed by atoms with Gasteiger partial charge in [-0.3, -0.25) is 0 Å². The van der Waals surface area contributed by atoms with E-state index in [0.29, 0.717) is 0 Å². The van der Waals surface area contributed by atoms with Gasteiger partial charge in [-0.05, 0) is 0 Å². The Hall–Kier alpha value is 1.01. The summed E-state index contributed by atoms with van der Waals surface area (Å²) in [5, 5.41) is 0. The second kappa shape index (κ2) is 78.9. The van der Waals surface area contributed by atoms with Crippen molar-refractivity contribution in [3.8, 4) is 0 Å². The van der Waals surface area contributed by atoms with Crippen LogP contribution in [0.4, 0.5) is 0 Å². The third-order valence-electron chi connectivity index (χ3n) is 0. The van der Waals surface area contributed by atoms with E-state index in [1.54, 1.807) is 0 Å². The minimum Gasteiger partial charge on any atom is -1.00 e. The van der Waals surface area contributed by atoms with Gasteiger partial charge < -0.3 is 14.1 Å². The molecule has 0 unspecified atom stereocenters. The molecule has 0 radical (unpaired) electrons. The molecular formula is F3LiZn. The predicted molar refractivity (Wildman–Crippen MR) is 0 cm³/mol. The summed E-state index contributed by atoms with van der Waals surface area (Å²) in [5.41, 5.74) is 0. The molecule has 5 heavy (non-hydrogen) atoms. The van der Waals surface area contributed by atoms with Crippen LogP contribution in [-0.4, -0.2) is 0 Å². The zero-order chi connectivity index (χ0) is 0. The summed E-state index contributed by atoms with van der Waals surface area (Å²) in [6, 6.07) is 0. The van der Waals surface area contributed by atoms with Gasteiger partial charge in [-0.1, -0.05) is 0 Å². The number of hydrogen-bond acceptors (Lipinski definition) is 0. The molecule has 0 bridgehead atoms. The molecule has 0 atom stereocenters. The first kappa shape index (κ1) is 148. The van der Waals surface area contributed by atoms with Crippen molar-refractivity contribution >= 4 is 0 Å². The quantitative estimate of drug-likeness (QED) is 0.285. The number of hydrogen-bond donors (Lipinski definition) is 0. The van der Waals surface area contributed by atoms with E-state index >= 15 is 0 Å². The van der Waals surface area contributed by atoms with Gasteiger partial charge in [-0.15, -0.1) is 0 Å². The van der Waals surface area contributed by atoms with E-state index in [2.05, 4.69) is 0 Å². The summed E-state index contributed by atoms with van der Waals surface area (Å²) in [4.78, 5) is 0. The van der Waals surface area contributed by atoms with Crippen molar-refractivity contribution < 1.29 is 52.5 Å². The third-order valence-corrected chi connectivity index (χ3v) is 0. The van der Waals surface area contributed by atoms with Crippen LogP contribution in [0.5, 0.6) is 0 Å². The standard InChI is InChI=1S/3FH.Li.Zn/h3*1H;;/q;;;+1;+2/p-3. The van der Waals surface area contributed by atoms with Crippen molar-refractivity contribution in [3.05, 3.63) is 0 Å². The molecule has 0 spiro atoms. The van der Waals surface area contributed by atoms with Gasteiger partial charge in [0.1, 0.15) is 0 Å². The normalized spacial score (nSPS) is 0. The zero-order valence-corrected chi connectivity index (χ0v) is 5.81. The van der Waals surface area contributed by atoms with Crippen LogP contribution in [0.3, 0.4) is 0 Å². The monoisotopic (exact) mass is 128 g/mol. The smallest absolute Gasteiger partial charge is 1.00 e. The molecule has 0 amide bonds. The topological polar surface area (TPSA) is 0 Å². The summed E-state index contributed by atoms with van der Waals surface area (Å²) >= 11 is 0. The van der Waals surface area contributed by atoms with Crippen LogP contribution in [0, 0.1) is 0 Å².